The van der Waals surface area contributed by atoms with Gasteiger partial charge in [0.2, 0.25) is 5.95 Å². The molecule has 0 aliphatic carbocycles. The minimum absolute atomic E-state index is 0.0388. The maximum Gasteiger partial charge on any atom is 0.356 e. The minimum atomic E-state index is -1.10. The molecule has 4 aromatic rings. The summed E-state index contributed by atoms with van der Waals surface area (Å²) in [7, 11) is 1.78. The lowest BCUT2D eigenvalue weighted by atomic mass is 10.1. The number of hydrogen-bond donors (Lipinski definition) is 2. The smallest absolute Gasteiger partial charge is 0.356 e. The van der Waals surface area contributed by atoms with Crippen LogP contribution in [0.25, 0.3) is 17.0 Å². The van der Waals surface area contributed by atoms with E-state index in [1.807, 2.05) is 25.1 Å². The van der Waals surface area contributed by atoms with Crippen LogP contribution in [-0.4, -0.2) is 41.8 Å². The fraction of sp³-hybridized carbons (Fsp3) is 0.238. The number of ether oxygens (including phenoxy) is 1. The van der Waals surface area contributed by atoms with Gasteiger partial charge in [-0.05, 0) is 30.7 Å². The third-order valence-corrected chi connectivity index (χ3v) is 5.26. The van der Waals surface area contributed by atoms with Crippen molar-refractivity contribution in [2.24, 2.45) is 7.05 Å². The maximum absolute atomic E-state index is 11.9. The minimum Gasteiger partial charge on any atom is -0.493 e. The van der Waals surface area contributed by atoms with Crippen molar-refractivity contribution in [3.8, 4) is 17.1 Å². The highest BCUT2D eigenvalue weighted by Gasteiger charge is 2.24. The lowest BCUT2D eigenvalue weighted by Crippen LogP contribution is -2.10. The lowest BCUT2D eigenvalue weighted by molar-refractivity contribution is 0.0692. The maximum atomic E-state index is 11.9. The van der Waals surface area contributed by atoms with Gasteiger partial charge in [-0.25, -0.2) is 14.8 Å². The van der Waals surface area contributed by atoms with E-state index >= 15 is 0 Å². The summed E-state index contributed by atoms with van der Waals surface area (Å²) >= 11 is 0. The number of rotatable bonds is 5. The molecule has 9 nitrogen and oxygen atoms in total. The highest BCUT2D eigenvalue weighted by atomic mass is 16.5. The molecule has 0 saturated carbocycles. The second-order valence-electron chi connectivity index (χ2n) is 7.22. The van der Waals surface area contributed by atoms with E-state index in [0.29, 0.717) is 36.1 Å². The normalized spacial score (nSPS) is 12.7. The average molecular weight is 404 g/mol. The average Bonchev–Trinajstić information content (AvgIpc) is 3.42. The van der Waals surface area contributed by atoms with Gasteiger partial charge >= 0.3 is 5.97 Å². The van der Waals surface area contributed by atoms with Crippen LogP contribution in [0.1, 0.15) is 27.3 Å². The van der Waals surface area contributed by atoms with Crippen LogP contribution in [0.15, 0.2) is 36.5 Å². The number of benzene rings is 1. The number of carbonyl (C=O) groups is 1. The molecule has 4 heterocycles. The molecule has 0 bridgehead atoms. The Hall–Kier alpha value is -3.88. The quantitative estimate of drug-likeness (QED) is 0.527. The third-order valence-electron chi connectivity index (χ3n) is 5.26. The molecule has 0 spiro atoms. The molecule has 1 aliphatic rings. The molecular formula is C21H20N6O3. The second-order valence-corrected chi connectivity index (χ2v) is 7.22. The molecule has 5 rings (SSSR count). The van der Waals surface area contributed by atoms with Crippen molar-refractivity contribution in [2.75, 3.05) is 11.9 Å². The number of fused-ring (bicyclic) bond motifs is 2. The number of hydrogen-bond acceptors (Lipinski definition) is 6. The summed E-state index contributed by atoms with van der Waals surface area (Å²) in [5, 5.41) is 17.5. The molecule has 0 amide bonds. The van der Waals surface area contributed by atoms with Gasteiger partial charge in [-0.1, -0.05) is 12.1 Å². The number of nitrogens with one attached hydrogen (secondary N) is 1. The number of aromatic nitrogens is 5. The highest BCUT2D eigenvalue weighted by Crippen LogP contribution is 2.30. The highest BCUT2D eigenvalue weighted by molar-refractivity contribution is 5.94. The van der Waals surface area contributed by atoms with Gasteiger partial charge in [0.1, 0.15) is 17.1 Å². The van der Waals surface area contributed by atoms with E-state index in [9.17, 15) is 9.90 Å². The van der Waals surface area contributed by atoms with E-state index < -0.39 is 5.97 Å². The Morgan fingerprint density at radius 3 is 2.97 bits per heavy atom. The zero-order valence-electron chi connectivity index (χ0n) is 16.6. The summed E-state index contributed by atoms with van der Waals surface area (Å²) < 4.78 is 9.04. The van der Waals surface area contributed by atoms with Crippen LogP contribution in [0.2, 0.25) is 0 Å². The van der Waals surface area contributed by atoms with E-state index in [1.54, 1.807) is 28.4 Å². The predicted octanol–water partition coefficient (Wildman–Crippen LogP) is 2.68. The van der Waals surface area contributed by atoms with Crippen molar-refractivity contribution in [3.63, 3.8) is 0 Å². The van der Waals surface area contributed by atoms with Gasteiger partial charge < -0.3 is 15.2 Å². The standard InChI is InChI=1S/C21H20N6O3/c1-12-10-15(26(2)25-12)19-18(20(28)29)24-17-6-8-22-21(27(17)19)23-11-13-4-3-5-16-14(13)7-9-30-16/h3-6,8,10H,7,9,11H2,1-2H3,(H,22,23)(H,28,29). The Balaban J connectivity index is 1.62. The molecule has 2 N–H and O–H groups in total. The lowest BCUT2D eigenvalue weighted by Gasteiger charge is -2.12. The van der Waals surface area contributed by atoms with Crippen molar-refractivity contribution in [1.29, 1.82) is 0 Å². The van der Waals surface area contributed by atoms with Crippen LogP contribution in [-0.2, 0) is 20.0 Å². The van der Waals surface area contributed by atoms with Gasteiger partial charge in [0.25, 0.3) is 0 Å². The molecule has 9 heteroatoms. The van der Waals surface area contributed by atoms with Crippen molar-refractivity contribution >= 4 is 17.6 Å². The fourth-order valence-electron chi connectivity index (χ4n) is 3.97. The Morgan fingerprint density at radius 2 is 2.20 bits per heavy atom. The zero-order chi connectivity index (χ0) is 20.8. The van der Waals surface area contributed by atoms with Gasteiger partial charge in [0.15, 0.2) is 5.69 Å². The molecule has 30 heavy (non-hydrogen) atoms. The molecule has 1 aromatic carbocycles. The summed E-state index contributed by atoms with van der Waals surface area (Å²) in [6.07, 6.45) is 2.49. The Morgan fingerprint density at radius 1 is 1.33 bits per heavy atom. The number of carboxylic acids is 1. The fourth-order valence-corrected chi connectivity index (χ4v) is 3.97. The molecule has 0 saturated heterocycles. The molecule has 0 fully saturated rings. The number of aromatic carboxylic acids is 1. The van der Waals surface area contributed by atoms with Crippen LogP contribution < -0.4 is 10.1 Å². The molecule has 0 atom stereocenters. The van der Waals surface area contributed by atoms with Crippen LogP contribution >= 0.6 is 0 Å². The van der Waals surface area contributed by atoms with Crippen LogP contribution in [0.3, 0.4) is 0 Å². The van der Waals surface area contributed by atoms with Gasteiger partial charge in [-0.15, -0.1) is 0 Å². The molecule has 1 aliphatic heterocycles. The number of imidazole rings is 1. The van der Waals surface area contributed by atoms with Crippen molar-refractivity contribution in [1.82, 2.24) is 24.1 Å². The van der Waals surface area contributed by atoms with Crippen molar-refractivity contribution < 1.29 is 14.6 Å². The van der Waals surface area contributed by atoms with Gasteiger partial charge in [-0.3, -0.25) is 9.08 Å². The first-order valence-corrected chi connectivity index (χ1v) is 9.62. The van der Waals surface area contributed by atoms with Crippen molar-refractivity contribution in [3.05, 3.63) is 59.0 Å². The van der Waals surface area contributed by atoms with E-state index in [4.69, 9.17) is 4.74 Å². The number of carboxylic acid groups (broad SMARTS) is 1. The molecule has 152 valence electrons. The number of nitrogens with zero attached hydrogens (tertiary/aromatic N) is 5. The van der Waals surface area contributed by atoms with E-state index in [-0.39, 0.29) is 5.69 Å². The van der Waals surface area contributed by atoms with Gasteiger partial charge in [-0.2, -0.15) is 5.10 Å². The van der Waals surface area contributed by atoms with E-state index in [0.717, 1.165) is 23.4 Å². The summed E-state index contributed by atoms with van der Waals surface area (Å²) in [6.45, 7) is 3.08. The molecule has 0 unspecified atom stereocenters. The van der Waals surface area contributed by atoms with Crippen LogP contribution in [0.5, 0.6) is 5.75 Å². The zero-order valence-corrected chi connectivity index (χ0v) is 16.6. The number of aryl methyl sites for hydroxylation is 2. The Bertz CT molecular complexity index is 1290. The molecule has 3 aromatic heterocycles. The SMILES string of the molecule is Cc1cc(-c2c(C(=O)O)nc3ccnc(NCc4cccc5c4CCO5)n23)n(C)n1. The second kappa shape index (κ2) is 6.87. The van der Waals surface area contributed by atoms with Gasteiger partial charge in [0, 0.05) is 31.8 Å². The monoisotopic (exact) mass is 404 g/mol. The largest absolute Gasteiger partial charge is 0.493 e. The van der Waals surface area contributed by atoms with Gasteiger partial charge in [0.05, 0.1) is 18.0 Å². The topological polar surface area (TPSA) is 107 Å². The van der Waals surface area contributed by atoms with E-state index in [2.05, 4.69) is 26.4 Å². The number of anilines is 1. The summed E-state index contributed by atoms with van der Waals surface area (Å²) in [5.41, 5.74) is 4.66. The van der Waals surface area contributed by atoms with Crippen molar-refractivity contribution in [2.45, 2.75) is 19.9 Å². The Labute approximate surface area is 172 Å². The summed E-state index contributed by atoms with van der Waals surface area (Å²) in [5.74, 6) is 0.330. The Kier molecular flexibility index (Phi) is 4.16. The van der Waals surface area contributed by atoms with E-state index in [1.165, 1.54) is 5.56 Å². The van der Waals surface area contributed by atoms with Crippen LogP contribution in [0, 0.1) is 6.92 Å². The summed E-state index contributed by atoms with van der Waals surface area (Å²) in [4.78, 5) is 20.7. The van der Waals surface area contributed by atoms with Crippen LogP contribution in [0.4, 0.5) is 5.95 Å². The molecular weight excluding hydrogens is 384 g/mol. The first-order chi connectivity index (χ1) is 14.5. The molecule has 0 radical (unpaired) electrons. The first-order valence-electron chi connectivity index (χ1n) is 9.62. The first kappa shape index (κ1) is 18.2. The summed E-state index contributed by atoms with van der Waals surface area (Å²) in [6, 6.07) is 9.54. The predicted molar refractivity (Wildman–Crippen MR) is 110 cm³/mol. The third kappa shape index (κ3) is 2.86.